The molecule has 2 aromatic rings. The first-order chi connectivity index (χ1) is 11.0. The van der Waals surface area contributed by atoms with Gasteiger partial charge in [0.1, 0.15) is 5.60 Å². The molecule has 2 rings (SSSR count). The van der Waals surface area contributed by atoms with Crippen LogP contribution >= 0.6 is 0 Å². The van der Waals surface area contributed by atoms with Gasteiger partial charge in [0.25, 0.3) is 0 Å². The summed E-state index contributed by atoms with van der Waals surface area (Å²) in [4.78, 5) is 0. The normalized spacial score (nSPS) is 13.0. The predicted molar refractivity (Wildman–Crippen MR) is 96.9 cm³/mol. The first kappa shape index (κ1) is 16.9. The van der Waals surface area contributed by atoms with Gasteiger partial charge in [-0.15, -0.1) is 0 Å². The highest BCUT2D eigenvalue weighted by Crippen LogP contribution is 2.25. The van der Waals surface area contributed by atoms with Crippen LogP contribution in [0.2, 0.25) is 0 Å². The maximum atomic E-state index is 10.6. The van der Waals surface area contributed by atoms with Crippen LogP contribution in [0.5, 0.6) is 0 Å². The lowest BCUT2D eigenvalue weighted by Crippen LogP contribution is -2.23. The van der Waals surface area contributed by atoms with Crippen molar-refractivity contribution in [1.29, 1.82) is 0 Å². The molecule has 0 saturated heterocycles. The highest BCUT2D eigenvalue weighted by Gasteiger charge is 2.20. The van der Waals surface area contributed by atoms with E-state index in [0.717, 1.165) is 17.5 Å². The lowest BCUT2D eigenvalue weighted by molar-refractivity contribution is 0.0301. The predicted octanol–water partition coefficient (Wildman–Crippen LogP) is 5.83. The van der Waals surface area contributed by atoms with E-state index in [2.05, 4.69) is 6.92 Å². The first-order valence-corrected chi connectivity index (χ1v) is 7.92. The van der Waals surface area contributed by atoms with Crippen molar-refractivity contribution in [2.45, 2.75) is 32.8 Å². The number of aliphatic hydroxyl groups is 1. The van der Waals surface area contributed by atoms with Crippen LogP contribution in [0.3, 0.4) is 0 Å². The molecule has 0 atom stereocenters. The van der Waals surface area contributed by atoms with Crippen molar-refractivity contribution in [2.75, 3.05) is 0 Å². The summed E-state index contributed by atoms with van der Waals surface area (Å²) in [5.74, 6) is 0.605. The molecule has 0 aromatic heterocycles. The van der Waals surface area contributed by atoms with Gasteiger partial charge >= 0.3 is 0 Å². The Morgan fingerprint density at radius 2 is 1.39 bits per heavy atom. The van der Waals surface area contributed by atoms with Gasteiger partial charge in [0.05, 0.1) is 0 Å². The van der Waals surface area contributed by atoms with E-state index < -0.39 is 0 Å². The van der Waals surface area contributed by atoms with Gasteiger partial charge in [-0.05, 0) is 43.5 Å². The second-order valence-electron chi connectivity index (χ2n) is 6.07. The molecule has 1 N–H and O–H groups in total. The van der Waals surface area contributed by atoms with Crippen molar-refractivity contribution >= 4 is 12.2 Å². The van der Waals surface area contributed by atoms with Gasteiger partial charge in [0, 0.05) is 0 Å². The van der Waals surface area contributed by atoms with Gasteiger partial charge in [-0.2, -0.15) is 0 Å². The smallest absolute Gasteiger partial charge is 0.162 e. The SMILES string of the molecule is CCC(C)(C)OC(=Cc1ccccc1)C(O)=Cc1ccccc1. The fraction of sp³-hybridized carbons (Fsp3) is 0.238. The average Bonchev–Trinajstić information content (AvgIpc) is 2.56. The van der Waals surface area contributed by atoms with Gasteiger partial charge in [-0.3, -0.25) is 0 Å². The van der Waals surface area contributed by atoms with E-state index in [0.29, 0.717) is 5.76 Å². The molecule has 23 heavy (non-hydrogen) atoms. The second kappa shape index (κ2) is 7.68. The number of hydrogen-bond donors (Lipinski definition) is 1. The Morgan fingerprint density at radius 3 is 1.87 bits per heavy atom. The molecule has 2 heteroatoms. The molecule has 0 fully saturated rings. The van der Waals surface area contributed by atoms with Gasteiger partial charge < -0.3 is 9.84 Å². The molecule has 2 aromatic carbocycles. The van der Waals surface area contributed by atoms with E-state index in [1.807, 2.05) is 80.6 Å². The third-order valence-corrected chi connectivity index (χ3v) is 3.69. The zero-order valence-electron chi connectivity index (χ0n) is 14.0. The van der Waals surface area contributed by atoms with Crippen molar-refractivity contribution in [3.05, 3.63) is 83.3 Å². The summed E-state index contributed by atoms with van der Waals surface area (Å²) >= 11 is 0. The van der Waals surface area contributed by atoms with Crippen molar-refractivity contribution in [3.8, 4) is 0 Å². The van der Waals surface area contributed by atoms with Crippen molar-refractivity contribution in [1.82, 2.24) is 0 Å². The quantitative estimate of drug-likeness (QED) is 0.537. The molecule has 0 radical (unpaired) electrons. The summed E-state index contributed by atoms with van der Waals surface area (Å²) in [5, 5.41) is 10.6. The number of aliphatic hydroxyl groups excluding tert-OH is 1. The van der Waals surface area contributed by atoms with Crippen LogP contribution in [0.1, 0.15) is 38.3 Å². The summed E-state index contributed by atoms with van der Waals surface area (Å²) in [5.41, 5.74) is 1.57. The van der Waals surface area contributed by atoms with E-state index in [1.165, 1.54) is 0 Å². The molecule has 0 spiro atoms. The third-order valence-electron chi connectivity index (χ3n) is 3.69. The summed E-state index contributed by atoms with van der Waals surface area (Å²) in [6.07, 6.45) is 4.43. The minimum Gasteiger partial charge on any atom is -0.504 e. The second-order valence-corrected chi connectivity index (χ2v) is 6.07. The van der Waals surface area contributed by atoms with Crippen LogP contribution in [-0.4, -0.2) is 10.7 Å². The summed E-state index contributed by atoms with van der Waals surface area (Å²) in [7, 11) is 0. The molecule has 0 amide bonds. The lowest BCUT2D eigenvalue weighted by Gasteiger charge is -2.26. The largest absolute Gasteiger partial charge is 0.504 e. The van der Waals surface area contributed by atoms with E-state index in [9.17, 15) is 5.11 Å². The van der Waals surface area contributed by atoms with Gasteiger partial charge in [-0.1, -0.05) is 67.6 Å². The number of hydrogen-bond acceptors (Lipinski definition) is 2. The van der Waals surface area contributed by atoms with Crippen LogP contribution in [0, 0.1) is 0 Å². The van der Waals surface area contributed by atoms with Gasteiger partial charge in [0.15, 0.2) is 11.5 Å². The fourth-order valence-corrected chi connectivity index (χ4v) is 2.00. The molecule has 0 aliphatic carbocycles. The van der Waals surface area contributed by atoms with Crippen LogP contribution < -0.4 is 0 Å². The molecule has 2 nitrogen and oxygen atoms in total. The standard InChI is InChI=1S/C21H24O2/c1-4-21(2,3)23-20(16-18-13-9-6-10-14-18)19(22)15-17-11-7-5-8-12-17/h5-16,22H,4H2,1-3H3. The van der Waals surface area contributed by atoms with Crippen molar-refractivity contribution in [2.24, 2.45) is 0 Å². The van der Waals surface area contributed by atoms with E-state index in [-0.39, 0.29) is 11.4 Å². The highest BCUT2D eigenvalue weighted by molar-refractivity contribution is 5.62. The minimum atomic E-state index is -0.348. The van der Waals surface area contributed by atoms with Crippen molar-refractivity contribution < 1.29 is 9.84 Å². The summed E-state index contributed by atoms with van der Waals surface area (Å²) in [6.45, 7) is 6.10. The molecule has 0 unspecified atom stereocenters. The molecular weight excluding hydrogens is 284 g/mol. The maximum absolute atomic E-state index is 10.6. The minimum absolute atomic E-state index is 0.126. The van der Waals surface area contributed by atoms with Crippen LogP contribution in [0.25, 0.3) is 12.2 Å². The Balaban J connectivity index is 2.37. The highest BCUT2D eigenvalue weighted by atomic mass is 16.5. The monoisotopic (exact) mass is 308 g/mol. The zero-order valence-corrected chi connectivity index (χ0v) is 14.0. The van der Waals surface area contributed by atoms with Crippen molar-refractivity contribution in [3.63, 3.8) is 0 Å². The van der Waals surface area contributed by atoms with Crippen LogP contribution in [-0.2, 0) is 4.74 Å². The maximum Gasteiger partial charge on any atom is 0.162 e. The Morgan fingerprint density at radius 1 is 0.913 bits per heavy atom. The molecular formula is C21H24O2. The Hall–Kier alpha value is -2.48. The Bertz CT molecular complexity index is 668. The van der Waals surface area contributed by atoms with Crippen LogP contribution in [0.4, 0.5) is 0 Å². The topological polar surface area (TPSA) is 29.5 Å². The third kappa shape index (κ3) is 5.33. The molecule has 0 aliphatic rings. The molecule has 0 saturated carbocycles. The van der Waals surface area contributed by atoms with Gasteiger partial charge in [0.2, 0.25) is 0 Å². The van der Waals surface area contributed by atoms with Gasteiger partial charge in [-0.25, -0.2) is 0 Å². The molecule has 0 aliphatic heterocycles. The number of benzene rings is 2. The Labute approximate surface area is 138 Å². The lowest BCUT2D eigenvalue weighted by atomic mass is 10.1. The summed E-state index contributed by atoms with van der Waals surface area (Å²) in [6, 6.07) is 19.6. The fourth-order valence-electron chi connectivity index (χ4n) is 2.00. The first-order valence-electron chi connectivity index (χ1n) is 7.92. The average molecular weight is 308 g/mol. The Kier molecular flexibility index (Phi) is 5.64. The number of rotatable bonds is 6. The zero-order chi connectivity index (χ0) is 16.7. The summed E-state index contributed by atoms with van der Waals surface area (Å²) < 4.78 is 6.07. The van der Waals surface area contributed by atoms with E-state index in [4.69, 9.17) is 4.74 Å². The van der Waals surface area contributed by atoms with E-state index >= 15 is 0 Å². The number of ether oxygens (including phenoxy) is 1. The van der Waals surface area contributed by atoms with Crippen LogP contribution in [0.15, 0.2) is 72.2 Å². The molecule has 120 valence electrons. The molecule has 0 bridgehead atoms. The molecule has 0 heterocycles. The van der Waals surface area contributed by atoms with E-state index in [1.54, 1.807) is 6.08 Å².